The fraction of sp³-hybridized carbons (Fsp3) is 0.167. The maximum Gasteiger partial charge on any atom is 0.270 e. The summed E-state index contributed by atoms with van der Waals surface area (Å²) in [5.41, 5.74) is -2.26. The maximum absolute atomic E-state index is 12.2. The predicted molar refractivity (Wildman–Crippen MR) is 48.4 cm³/mol. The average Bonchev–Trinajstić information content (AvgIpc) is 1.99. The molecule has 1 aromatic heterocycles. The van der Waals surface area contributed by atoms with Crippen LogP contribution in [0, 0.1) is 0 Å². The van der Waals surface area contributed by atoms with E-state index < -0.39 is 37.6 Å². The molecule has 0 aliphatic heterocycles. The van der Waals surface area contributed by atoms with Gasteiger partial charge < -0.3 is 4.98 Å². The summed E-state index contributed by atoms with van der Waals surface area (Å²) >= 11 is 5.32. The number of rotatable bonds is 2. The molecule has 0 aliphatic rings. The lowest BCUT2D eigenvalue weighted by Gasteiger charge is -2.03. The van der Waals surface area contributed by atoms with Crippen molar-refractivity contribution in [2.75, 3.05) is 0 Å². The number of aromatic nitrogens is 1. The van der Waals surface area contributed by atoms with Gasteiger partial charge >= 0.3 is 0 Å². The second-order valence-corrected chi connectivity index (χ2v) is 4.51. The van der Waals surface area contributed by atoms with Crippen LogP contribution in [-0.4, -0.2) is 13.4 Å². The third-order valence-corrected chi connectivity index (χ3v) is 2.67. The Hall–Kier alpha value is -0.990. The van der Waals surface area contributed by atoms with Crippen LogP contribution >= 0.6 is 11.6 Å². The Balaban J connectivity index is 3.53. The van der Waals surface area contributed by atoms with E-state index in [0.717, 1.165) is 0 Å². The van der Waals surface area contributed by atoms with Gasteiger partial charge in [0.05, 0.1) is 5.02 Å². The summed E-state index contributed by atoms with van der Waals surface area (Å²) in [6, 6.07) is 0.666. The second kappa shape index (κ2) is 3.87. The first-order valence-corrected chi connectivity index (χ1v) is 5.39. The number of nitrogens with two attached hydrogens (primary N) is 1. The van der Waals surface area contributed by atoms with Crippen molar-refractivity contribution < 1.29 is 17.2 Å². The number of pyridine rings is 1. The zero-order chi connectivity index (χ0) is 11.8. The van der Waals surface area contributed by atoms with E-state index in [2.05, 4.69) is 5.14 Å². The number of alkyl halides is 2. The van der Waals surface area contributed by atoms with E-state index in [1.807, 2.05) is 0 Å². The molecule has 0 unspecified atom stereocenters. The lowest BCUT2D eigenvalue weighted by Crippen LogP contribution is -2.21. The van der Waals surface area contributed by atoms with Crippen molar-refractivity contribution in [3.05, 3.63) is 27.0 Å². The second-order valence-electron chi connectivity index (χ2n) is 2.57. The molecule has 0 saturated carbocycles. The molecule has 1 aromatic rings. The molecule has 1 heterocycles. The highest BCUT2D eigenvalue weighted by atomic mass is 35.5. The van der Waals surface area contributed by atoms with Gasteiger partial charge in [0.1, 0.15) is 5.56 Å². The van der Waals surface area contributed by atoms with Crippen LogP contribution in [0.4, 0.5) is 8.78 Å². The van der Waals surface area contributed by atoms with Gasteiger partial charge in [-0.15, -0.1) is 0 Å². The van der Waals surface area contributed by atoms with Crippen LogP contribution in [0.1, 0.15) is 12.0 Å². The molecule has 1 rings (SSSR count). The van der Waals surface area contributed by atoms with Crippen LogP contribution < -0.4 is 10.7 Å². The lowest BCUT2D eigenvalue weighted by atomic mass is 10.3. The van der Waals surface area contributed by atoms with Gasteiger partial charge in [-0.05, 0) is 6.07 Å². The Kier molecular flexibility index (Phi) is 3.12. The minimum Gasteiger partial charge on any atom is -0.311 e. The molecule has 9 heteroatoms. The molecule has 0 bridgehead atoms. The molecule has 0 spiro atoms. The minimum absolute atomic E-state index is 0.641. The van der Waals surface area contributed by atoms with Crippen molar-refractivity contribution >= 4 is 21.6 Å². The van der Waals surface area contributed by atoms with E-state index in [-0.39, 0.29) is 0 Å². The molecule has 84 valence electrons. The fourth-order valence-corrected chi connectivity index (χ4v) is 1.73. The number of hydrogen-bond donors (Lipinski definition) is 2. The van der Waals surface area contributed by atoms with E-state index in [4.69, 9.17) is 11.6 Å². The fourth-order valence-electron chi connectivity index (χ4n) is 0.873. The summed E-state index contributed by atoms with van der Waals surface area (Å²) in [7, 11) is -4.18. The molecule has 0 aromatic carbocycles. The van der Waals surface area contributed by atoms with Crippen LogP contribution in [0.5, 0.6) is 0 Å². The molecule has 0 amide bonds. The molecule has 0 fully saturated rings. The minimum atomic E-state index is -4.18. The van der Waals surface area contributed by atoms with Crippen molar-refractivity contribution in [1.82, 2.24) is 4.98 Å². The molecule has 3 N–H and O–H groups in total. The van der Waals surface area contributed by atoms with Crippen LogP contribution in [0.25, 0.3) is 0 Å². The highest BCUT2D eigenvalue weighted by Gasteiger charge is 2.20. The zero-order valence-electron chi connectivity index (χ0n) is 7.00. The smallest absolute Gasteiger partial charge is 0.270 e. The Bertz CT molecular complexity index is 540. The standard InChI is InChI=1S/C6H5ClF2N2O3S/c7-2-1-3(15(10,13)14)11-6(12)4(2)5(8)9/h1,5H,(H,11,12)(H2,10,13,14). The summed E-state index contributed by atoms with van der Waals surface area (Å²) in [4.78, 5) is 12.7. The topological polar surface area (TPSA) is 93.0 Å². The van der Waals surface area contributed by atoms with Crippen LogP contribution in [0.2, 0.25) is 5.02 Å². The van der Waals surface area contributed by atoms with Crippen molar-refractivity contribution in [3.8, 4) is 0 Å². The first kappa shape index (κ1) is 12.1. The van der Waals surface area contributed by atoms with Gasteiger partial charge in [0.15, 0.2) is 5.03 Å². The van der Waals surface area contributed by atoms with Crippen molar-refractivity contribution in [2.24, 2.45) is 5.14 Å². The molecule has 5 nitrogen and oxygen atoms in total. The Labute approximate surface area is 87.9 Å². The first-order chi connectivity index (χ1) is 6.73. The molecule has 0 aliphatic carbocycles. The van der Waals surface area contributed by atoms with Gasteiger partial charge in [0, 0.05) is 0 Å². The number of sulfonamides is 1. The summed E-state index contributed by atoms with van der Waals surface area (Å²) in [5, 5.41) is 3.33. The Morgan fingerprint density at radius 3 is 2.33 bits per heavy atom. The average molecular weight is 259 g/mol. The van der Waals surface area contributed by atoms with Gasteiger partial charge in [0.25, 0.3) is 22.0 Å². The highest BCUT2D eigenvalue weighted by molar-refractivity contribution is 7.89. The maximum atomic E-state index is 12.2. The number of primary sulfonamides is 1. The number of halogens is 3. The van der Waals surface area contributed by atoms with Gasteiger partial charge in [-0.2, -0.15) is 0 Å². The van der Waals surface area contributed by atoms with Crippen LogP contribution in [-0.2, 0) is 10.0 Å². The third kappa shape index (κ3) is 2.52. The van der Waals surface area contributed by atoms with Gasteiger partial charge in [-0.1, -0.05) is 11.6 Å². The normalized spacial score (nSPS) is 12.1. The van der Waals surface area contributed by atoms with Crippen molar-refractivity contribution in [3.63, 3.8) is 0 Å². The van der Waals surface area contributed by atoms with Gasteiger partial charge in [-0.3, -0.25) is 4.79 Å². The monoisotopic (exact) mass is 258 g/mol. The van der Waals surface area contributed by atoms with Crippen LogP contribution in [0.3, 0.4) is 0 Å². The zero-order valence-corrected chi connectivity index (χ0v) is 8.57. The van der Waals surface area contributed by atoms with E-state index >= 15 is 0 Å². The third-order valence-electron chi connectivity index (χ3n) is 1.52. The summed E-state index contributed by atoms with van der Waals surface area (Å²) in [5.74, 6) is 0. The molecule has 15 heavy (non-hydrogen) atoms. The van der Waals surface area contributed by atoms with Crippen molar-refractivity contribution in [1.29, 1.82) is 0 Å². The first-order valence-electron chi connectivity index (χ1n) is 3.47. The summed E-state index contributed by atoms with van der Waals surface area (Å²) < 4.78 is 46.0. The summed E-state index contributed by atoms with van der Waals surface area (Å²) in [6.07, 6.45) is -3.09. The molecule has 0 saturated heterocycles. The number of nitrogens with one attached hydrogen (secondary N) is 1. The largest absolute Gasteiger partial charge is 0.311 e. The predicted octanol–water partition coefficient (Wildman–Crippen LogP) is 0.613. The molecule has 0 radical (unpaired) electrons. The van der Waals surface area contributed by atoms with Gasteiger partial charge in [0.2, 0.25) is 0 Å². The SMILES string of the molecule is NS(=O)(=O)c1cc(Cl)c(C(F)F)c(=O)[nH]1. The highest BCUT2D eigenvalue weighted by Crippen LogP contribution is 2.24. The van der Waals surface area contributed by atoms with E-state index in [9.17, 15) is 22.0 Å². The molecular formula is C6H5ClF2N2O3S. The van der Waals surface area contributed by atoms with Gasteiger partial charge in [-0.25, -0.2) is 22.3 Å². The Morgan fingerprint density at radius 2 is 2.00 bits per heavy atom. The Morgan fingerprint density at radius 1 is 1.47 bits per heavy atom. The van der Waals surface area contributed by atoms with E-state index in [0.29, 0.717) is 6.07 Å². The number of aromatic amines is 1. The number of H-pyrrole nitrogens is 1. The summed E-state index contributed by atoms with van der Waals surface area (Å²) in [6.45, 7) is 0. The number of hydrogen-bond acceptors (Lipinski definition) is 3. The lowest BCUT2D eigenvalue weighted by molar-refractivity contribution is 0.149. The van der Waals surface area contributed by atoms with E-state index in [1.165, 1.54) is 0 Å². The molecule has 0 atom stereocenters. The van der Waals surface area contributed by atoms with Crippen LogP contribution in [0.15, 0.2) is 15.9 Å². The van der Waals surface area contributed by atoms with E-state index in [1.54, 1.807) is 4.98 Å². The quantitative estimate of drug-likeness (QED) is 0.814. The van der Waals surface area contributed by atoms with Crippen molar-refractivity contribution in [2.45, 2.75) is 11.5 Å². The molecular weight excluding hydrogens is 254 g/mol.